The van der Waals surface area contributed by atoms with E-state index in [1.807, 2.05) is 0 Å². The van der Waals surface area contributed by atoms with Crippen LogP contribution in [0.3, 0.4) is 0 Å². The number of aliphatic hydroxyl groups is 1. The lowest BCUT2D eigenvalue weighted by molar-refractivity contribution is 0.144. The molecular weight excluding hydrogens is 144 g/mol. The third-order valence-electron chi connectivity index (χ3n) is 0.663. The summed E-state index contributed by atoms with van der Waals surface area (Å²) in [5.41, 5.74) is -0.833. The molecule has 0 spiro atoms. The van der Waals surface area contributed by atoms with Crippen molar-refractivity contribution in [3.63, 3.8) is 0 Å². The minimum absolute atomic E-state index is 0.778. The zero-order valence-corrected chi connectivity index (χ0v) is 8.17. The van der Waals surface area contributed by atoms with Crippen LogP contribution < -0.4 is 0 Å². The first-order chi connectivity index (χ1) is 4.21. The highest BCUT2D eigenvalue weighted by molar-refractivity contribution is 8.35. The average molecular weight is 160 g/mol. The molecular formula is C8H16OS. The molecule has 0 aromatic carbocycles. The molecule has 0 aliphatic rings. The van der Waals surface area contributed by atoms with Gasteiger partial charge in [0.15, 0.2) is 0 Å². The van der Waals surface area contributed by atoms with Gasteiger partial charge in [-0.05, 0) is 32.6 Å². The molecule has 0 atom stereocenters. The maximum atomic E-state index is 9.22. The van der Waals surface area contributed by atoms with E-state index in [4.69, 9.17) is 0 Å². The molecule has 0 aliphatic heterocycles. The van der Waals surface area contributed by atoms with Gasteiger partial charge in [0.2, 0.25) is 0 Å². The SMILES string of the molecule is CC(C)(O)C#CS(C)(C)C. The van der Waals surface area contributed by atoms with Gasteiger partial charge in [-0.1, -0.05) is 11.2 Å². The van der Waals surface area contributed by atoms with E-state index < -0.39 is 15.6 Å². The molecule has 0 saturated carbocycles. The molecule has 0 aromatic heterocycles. The highest BCUT2D eigenvalue weighted by atomic mass is 32.3. The van der Waals surface area contributed by atoms with E-state index in [1.165, 1.54) is 0 Å². The molecule has 60 valence electrons. The number of hydrogen-bond acceptors (Lipinski definition) is 1. The van der Waals surface area contributed by atoms with Gasteiger partial charge >= 0.3 is 0 Å². The van der Waals surface area contributed by atoms with Gasteiger partial charge < -0.3 is 5.11 Å². The van der Waals surface area contributed by atoms with Gasteiger partial charge in [-0.15, -0.1) is 0 Å². The minimum Gasteiger partial charge on any atom is -0.378 e. The third kappa shape index (κ3) is 7.87. The van der Waals surface area contributed by atoms with Crippen molar-refractivity contribution in [1.82, 2.24) is 0 Å². The van der Waals surface area contributed by atoms with Crippen LogP contribution in [0.5, 0.6) is 0 Å². The summed E-state index contributed by atoms with van der Waals surface area (Å²) >= 11 is 0. The largest absolute Gasteiger partial charge is 0.378 e. The minimum atomic E-state index is -0.833. The Balaban J connectivity index is 4.19. The van der Waals surface area contributed by atoms with Crippen molar-refractivity contribution in [3.8, 4) is 11.2 Å². The monoisotopic (exact) mass is 160 g/mol. The Bertz CT molecular complexity index is 142. The predicted octanol–water partition coefficient (Wildman–Crippen LogP) is 1.41. The van der Waals surface area contributed by atoms with Crippen molar-refractivity contribution in [1.29, 1.82) is 0 Å². The fraction of sp³-hybridized carbons (Fsp3) is 0.750. The lowest BCUT2D eigenvalue weighted by Crippen LogP contribution is -2.14. The number of hydrogen-bond donors (Lipinski definition) is 1. The average Bonchev–Trinajstić information content (AvgIpc) is 1.57. The van der Waals surface area contributed by atoms with E-state index in [0.717, 1.165) is 0 Å². The molecule has 2 heteroatoms. The van der Waals surface area contributed by atoms with E-state index in [9.17, 15) is 5.11 Å². The van der Waals surface area contributed by atoms with Crippen LogP contribution >= 0.6 is 10.0 Å². The molecule has 0 amide bonds. The summed E-state index contributed by atoms with van der Waals surface area (Å²) in [5, 5.41) is 12.3. The Hall–Kier alpha value is -0.130. The Kier molecular flexibility index (Phi) is 2.82. The second kappa shape index (κ2) is 2.86. The Morgan fingerprint density at radius 3 is 1.70 bits per heavy atom. The van der Waals surface area contributed by atoms with Crippen molar-refractivity contribution in [3.05, 3.63) is 0 Å². The molecule has 0 aliphatic carbocycles. The molecule has 0 fully saturated rings. The summed E-state index contributed by atoms with van der Waals surface area (Å²) in [6.45, 7) is 3.40. The molecule has 1 N–H and O–H groups in total. The van der Waals surface area contributed by atoms with Gasteiger partial charge in [-0.3, -0.25) is 0 Å². The molecule has 0 heterocycles. The van der Waals surface area contributed by atoms with Crippen molar-refractivity contribution in [2.75, 3.05) is 18.8 Å². The lowest BCUT2D eigenvalue weighted by atomic mass is 10.2. The lowest BCUT2D eigenvalue weighted by Gasteiger charge is -2.17. The van der Waals surface area contributed by atoms with Crippen molar-refractivity contribution < 1.29 is 5.11 Å². The Labute approximate surface area is 65.1 Å². The quantitative estimate of drug-likeness (QED) is 0.531. The summed E-state index contributed by atoms with van der Waals surface area (Å²) in [6.07, 6.45) is 6.31. The Morgan fingerprint density at radius 1 is 1.20 bits per heavy atom. The number of rotatable bonds is 0. The van der Waals surface area contributed by atoms with Crippen LogP contribution in [0, 0.1) is 11.2 Å². The summed E-state index contributed by atoms with van der Waals surface area (Å²) in [5.74, 6) is 2.80. The standard InChI is InChI=1S/C8H16OS/c1-8(2,9)6-7-10(3,4)5/h9H,1-5H3. The molecule has 0 bridgehead atoms. The van der Waals surface area contributed by atoms with Gasteiger partial charge in [0, 0.05) is 0 Å². The van der Waals surface area contributed by atoms with Gasteiger partial charge in [0.25, 0.3) is 0 Å². The normalized spacial score (nSPS) is 13.8. The highest BCUT2D eigenvalue weighted by Crippen LogP contribution is 2.32. The van der Waals surface area contributed by atoms with Crippen LogP contribution in [0.15, 0.2) is 0 Å². The molecule has 0 aromatic rings. The summed E-state index contributed by atoms with van der Waals surface area (Å²) in [6, 6.07) is 0. The zero-order chi connectivity index (χ0) is 8.41. The van der Waals surface area contributed by atoms with E-state index in [-0.39, 0.29) is 0 Å². The third-order valence-corrected chi connectivity index (χ3v) is 1.38. The molecule has 0 rings (SSSR count). The van der Waals surface area contributed by atoms with Crippen molar-refractivity contribution in [2.24, 2.45) is 0 Å². The van der Waals surface area contributed by atoms with E-state index >= 15 is 0 Å². The van der Waals surface area contributed by atoms with Crippen LogP contribution in [0.2, 0.25) is 0 Å². The first kappa shape index (κ1) is 9.87. The molecule has 10 heavy (non-hydrogen) atoms. The van der Waals surface area contributed by atoms with Crippen LogP contribution in [-0.4, -0.2) is 29.5 Å². The van der Waals surface area contributed by atoms with Gasteiger partial charge in [0.1, 0.15) is 5.60 Å². The van der Waals surface area contributed by atoms with Gasteiger partial charge in [0.05, 0.1) is 0 Å². The first-order valence-electron chi connectivity index (χ1n) is 3.15. The van der Waals surface area contributed by atoms with Crippen LogP contribution in [0.4, 0.5) is 0 Å². The second-order valence-corrected chi connectivity index (χ2v) is 7.50. The summed E-state index contributed by atoms with van der Waals surface area (Å²) in [7, 11) is -0.778. The maximum Gasteiger partial charge on any atom is 0.120 e. The molecule has 0 radical (unpaired) electrons. The fourth-order valence-corrected chi connectivity index (χ4v) is 0.834. The van der Waals surface area contributed by atoms with Crippen LogP contribution in [0.25, 0.3) is 0 Å². The van der Waals surface area contributed by atoms with Crippen LogP contribution in [-0.2, 0) is 0 Å². The van der Waals surface area contributed by atoms with Gasteiger partial charge in [-0.25, -0.2) is 0 Å². The first-order valence-corrected chi connectivity index (χ1v) is 6.01. The predicted molar refractivity (Wildman–Crippen MR) is 49.4 cm³/mol. The summed E-state index contributed by atoms with van der Waals surface area (Å²) < 4.78 is 0. The molecule has 0 unspecified atom stereocenters. The fourth-order valence-electron chi connectivity index (χ4n) is 0.278. The zero-order valence-electron chi connectivity index (χ0n) is 7.36. The Morgan fingerprint density at radius 2 is 1.60 bits per heavy atom. The molecule has 1 nitrogen and oxygen atoms in total. The van der Waals surface area contributed by atoms with Crippen LogP contribution in [0.1, 0.15) is 13.8 Å². The van der Waals surface area contributed by atoms with Gasteiger partial charge in [-0.2, -0.15) is 10.0 Å². The summed E-state index contributed by atoms with van der Waals surface area (Å²) in [4.78, 5) is 0. The maximum absolute atomic E-state index is 9.22. The highest BCUT2D eigenvalue weighted by Gasteiger charge is 2.07. The van der Waals surface area contributed by atoms with E-state index in [0.29, 0.717) is 0 Å². The van der Waals surface area contributed by atoms with Crippen molar-refractivity contribution in [2.45, 2.75) is 19.4 Å². The topological polar surface area (TPSA) is 20.2 Å². The van der Waals surface area contributed by atoms with Crippen molar-refractivity contribution >= 4 is 10.0 Å². The molecule has 0 saturated heterocycles. The van der Waals surface area contributed by atoms with E-state index in [2.05, 4.69) is 29.9 Å². The second-order valence-electron chi connectivity index (χ2n) is 3.62. The van der Waals surface area contributed by atoms with E-state index in [1.54, 1.807) is 13.8 Å². The smallest absolute Gasteiger partial charge is 0.120 e.